The van der Waals surface area contributed by atoms with Crippen molar-refractivity contribution < 1.29 is 0 Å². The highest BCUT2D eigenvalue weighted by molar-refractivity contribution is 7.09. The maximum atomic E-state index is 4.32. The topological polar surface area (TPSA) is 24.9 Å². The zero-order valence-corrected chi connectivity index (χ0v) is 12.7. The Bertz CT molecular complexity index is 361. The number of thiazole rings is 1. The van der Waals surface area contributed by atoms with Crippen LogP contribution in [0.25, 0.3) is 0 Å². The van der Waals surface area contributed by atoms with E-state index < -0.39 is 0 Å². The molecular weight excluding hydrogens is 240 g/mol. The Kier molecular flexibility index (Phi) is 5.19. The van der Waals surface area contributed by atoms with Crippen molar-refractivity contribution in [1.82, 2.24) is 10.3 Å². The van der Waals surface area contributed by atoms with Crippen LogP contribution in [0.5, 0.6) is 0 Å². The molecule has 0 amide bonds. The molecule has 102 valence electrons. The van der Waals surface area contributed by atoms with Crippen LogP contribution in [0.15, 0.2) is 5.51 Å². The minimum Gasteiger partial charge on any atom is -0.309 e. The summed E-state index contributed by atoms with van der Waals surface area (Å²) in [7, 11) is 0. The highest BCUT2D eigenvalue weighted by Gasteiger charge is 2.19. The standard InChI is InChI=1S/C15H26N2S/c1-11-5-4-6-14(9-11)7-8-16-12(2)15-13(3)17-10-18-15/h10-12,14,16H,4-9H2,1-3H3. The van der Waals surface area contributed by atoms with E-state index in [0.29, 0.717) is 6.04 Å². The number of hydrogen-bond acceptors (Lipinski definition) is 3. The monoisotopic (exact) mass is 266 g/mol. The average Bonchev–Trinajstić information content (AvgIpc) is 2.75. The Labute approximate surface area is 115 Å². The first-order valence-electron chi connectivity index (χ1n) is 7.30. The van der Waals surface area contributed by atoms with Gasteiger partial charge < -0.3 is 5.32 Å². The zero-order valence-electron chi connectivity index (χ0n) is 11.9. The Balaban J connectivity index is 1.70. The van der Waals surface area contributed by atoms with Crippen LogP contribution in [0, 0.1) is 18.8 Å². The van der Waals surface area contributed by atoms with Gasteiger partial charge in [-0.25, -0.2) is 4.98 Å². The second kappa shape index (κ2) is 6.67. The predicted molar refractivity (Wildman–Crippen MR) is 79.0 cm³/mol. The van der Waals surface area contributed by atoms with E-state index in [-0.39, 0.29) is 0 Å². The van der Waals surface area contributed by atoms with E-state index in [9.17, 15) is 0 Å². The molecule has 1 N–H and O–H groups in total. The van der Waals surface area contributed by atoms with E-state index in [1.54, 1.807) is 11.3 Å². The Hall–Kier alpha value is -0.410. The van der Waals surface area contributed by atoms with Crippen molar-refractivity contribution in [3.8, 4) is 0 Å². The quantitative estimate of drug-likeness (QED) is 0.858. The Morgan fingerprint density at radius 2 is 2.33 bits per heavy atom. The average molecular weight is 266 g/mol. The molecule has 3 atom stereocenters. The van der Waals surface area contributed by atoms with Crippen LogP contribution in [0.2, 0.25) is 0 Å². The number of aromatic nitrogens is 1. The molecule has 1 saturated carbocycles. The fourth-order valence-corrected chi connectivity index (χ4v) is 3.98. The maximum Gasteiger partial charge on any atom is 0.0798 e. The lowest BCUT2D eigenvalue weighted by Gasteiger charge is -2.27. The van der Waals surface area contributed by atoms with Gasteiger partial charge in [-0.2, -0.15) is 0 Å². The van der Waals surface area contributed by atoms with Crippen LogP contribution in [-0.2, 0) is 0 Å². The van der Waals surface area contributed by atoms with Crippen LogP contribution in [-0.4, -0.2) is 11.5 Å². The molecule has 0 aliphatic heterocycles. The van der Waals surface area contributed by atoms with E-state index in [1.807, 2.05) is 5.51 Å². The molecule has 1 aromatic rings. The molecule has 1 heterocycles. The number of hydrogen-bond donors (Lipinski definition) is 1. The predicted octanol–water partition coefficient (Wildman–Crippen LogP) is 4.32. The summed E-state index contributed by atoms with van der Waals surface area (Å²) in [5.41, 5.74) is 3.14. The molecular formula is C15H26N2S. The fourth-order valence-electron chi connectivity index (χ4n) is 3.15. The van der Waals surface area contributed by atoms with Crippen LogP contribution < -0.4 is 5.32 Å². The first kappa shape index (κ1) is 14.0. The van der Waals surface area contributed by atoms with Gasteiger partial charge in [0.1, 0.15) is 0 Å². The summed E-state index contributed by atoms with van der Waals surface area (Å²) >= 11 is 1.77. The van der Waals surface area contributed by atoms with Gasteiger partial charge in [-0.1, -0.05) is 26.2 Å². The summed E-state index contributed by atoms with van der Waals surface area (Å²) in [6.45, 7) is 7.91. The van der Waals surface area contributed by atoms with Gasteiger partial charge in [0, 0.05) is 10.9 Å². The maximum absolute atomic E-state index is 4.32. The largest absolute Gasteiger partial charge is 0.309 e. The molecule has 0 saturated heterocycles. The minimum atomic E-state index is 0.457. The molecule has 0 spiro atoms. The summed E-state index contributed by atoms with van der Waals surface area (Å²) in [6, 6.07) is 0.457. The van der Waals surface area contributed by atoms with Crippen molar-refractivity contribution in [2.45, 2.75) is 58.9 Å². The van der Waals surface area contributed by atoms with Gasteiger partial charge in [0.25, 0.3) is 0 Å². The van der Waals surface area contributed by atoms with E-state index in [1.165, 1.54) is 42.7 Å². The van der Waals surface area contributed by atoms with Crippen molar-refractivity contribution in [3.63, 3.8) is 0 Å². The molecule has 1 aromatic heterocycles. The van der Waals surface area contributed by atoms with Gasteiger partial charge >= 0.3 is 0 Å². The second-order valence-electron chi connectivity index (χ2n) is 5.90. The Morgan fingerprint density at radius 1 is 1.50 bits per heavy atom. The van der Waals surface area contributed by atoms with Crippen molar-refractivity contribution in [1.29, 1.82) is 0 Å². The molecule has 18 heavy (non-hydrogen) atoms. The summed E-state index contributed by atoms with van der Waals surface area (Å²) in [5, 5.41) is 3.66. The molecule has 2 nitrogen and oxygen atoms in total. The first-order chi connectivity index (χ1) is 8.66. The van der Waals surface area contributed by atoms with E-state index >= 15 is 0 Å². The van der Waals surface area contributed by atoms with Crippen molar-refractivity contribution in [2.24, 2.45) is 11.8 Å². The molecule has 0 bridgehead atoms. The highest BCUT2D eigenvalue weighted by Crippen LogP contribution is 2.30. The van der Waals surface area contributed by atoms with Gasteiger partial charge in [0.15, 0.2) is 0 Å². The van der Waals surface area contributed by atoms with Gasteiger partial charge in [0.05, 0.1) is 11.2 Å². The summed E-state index contributed by atoms with van der Waals surface area (Å²) in [6.07, 6.45) is 7.11. The highest BCUT2D eigenvalue weighted by atomic mass is 32.1. The third-order valence-electron chi connectivity index (χ3n) is 4.22. The number of rotatable bonds is 5. The van der Waals surface area contributed by atoms with Crippen LogP contribution in [0.4, 0.5) is 0 Å². The molecule has 1 aliphatic rings. The molecule has 3 heteroatoms. The summed E-state index contributed by atoms with van der Waals surface area (Å²) in [4.78, 5) is 5.72. The van der Waals surface area contributed by atoms with Gasteiger partial charge in [-0.05, 0) is 45.1 Å². The fraction of sp³-hybridized carbons (Fsp3) is 0.800. The SMILES string of the molecule is Cc1ncsc1C(C)NCCC1CCCC(C)C1. The smallest absolute Gasteiger partial charge is 0.0798 e. The molecule has 0 radical (unpaired) electrons. The van der Waals surface area contributed by atoms with E-state index in [4.69, 9.17) is 0 Å². The third-order valence-corrected chi connectivity index (χ3v) is 5.34. The van der Waals surface area contributed by atoms with E-state index in [2.05, 4.69) is 31.1 Å². The first-order valence-corrected chi connectivity index (χ1v) is 8.18. The lowest BCUT2D eigenvalue weighted by Crippen LogP contribution is -2.23. The van der Waals surface area contributed by atoms with Crippen LogP contribution in [0.3, 0.4) is 0 Å². The normalized spacial score (nSPS) is 26.2. The molecule has 0 aromatic carbocycles. The lowest BCUT2D eigenvalue weighted by atomic mass is 9.81. The van der Waals surface area contributed by atoms with Crippen LogP contribution in [0.1, 0.15) is 62.6 Å². The van der Waals surface area contributed by atoms with Crippen molar-refractivity contribution in [2.75, 3.05) is 6.54 Å². The van der Waals surface area contributed by atoms with Gasteiger partial charge in [-0.3, -0.25) is 0 Å². The van der Waals surface area contributed by atoms with E-state index in [0.717, 1.165) is 18.4 Å². The van der Waals surface area contributed by atoms with Crippen LogP contribution >= 0.6 is 11.3 Å². The zero-order chi connectivity index (χ0) is 13.0. The van der Waals surface area contributed by atoms with Gasteiger partial charge in [0.2, 0.25) is 0 Å². The third kappa shape index (κ3) is 3.79. The molecule has 2 rings (SSSR count). The van der Waals surface area contributed by atoms with Crippen molar-refractivity contribution >= 4 is 11.3 Å². The molecule has 3 unspecified atom stereocenters. The Morgan fingerprint density at radius 3 is 3.00 bits per heavy atom. The minimum absolute atomic E-state index is 0.457. The summed E-state index contributed by atoms with van der Waals surface area (Å²) in [5.74, 6) is 1.90. The number of nitrogens with zero attached hydrogens (tertiary/aromatic N) is 1. The molecule has 1 fully saturated rings. The molecule has 1 aliphatic carbocycles. The second-order valence-corrected chi connectivity index (χ2v) is 6.79. The van der Waals surface area contributed by atoms with Crippen molar-refractivity contribution in [3.05, 3.63) is 16.1 Å². The summed E-state index contributed by atoms with van der Waals surface area (Å²) < 4.78 is 0. The number of nitrogens with one attached hydrogen (secondary N) is 1. The van der Waals surface area contributed by atoms with Gasteiger partial charge in [-0.15, -0.1) is 11.3 Å². The lowest BCUT2D eigenvalue weighted by molar-refractivity contribution is 0.265. The number of aryl methyl sites for hydroxylation is 1.